The highest BCUT2D eigenvalue weighted by Gasteiger charge is 2.31. The van der Waals surface area contributed by atoms with Gasteiger partial charge in [-0.05, 0) is 31.1 Å². The predicted molar refractivity (Wildman–Crippen MR) is 71.8 cm³/mol. The van der Waals surface area contributed by atoms with E-state index in [2.05, 4.69) is 5.32 Å². The molecule has 1 fully saturated rings. The van der Waals surface area contributed by atoms with Gasteiger partial charge in [0.2, 0.25) is 9.84 Å². The molecule has 1 aromatic carbocycles. The second-order valence-electron chi connectivity index (χ2n) is 5.13. The number of fused-ring (bicyclic) bond motifs is 1. The smallest absolute Gasteiger partial charge is 0.204 e. The number of rotatable bonds is 3. The highest BCUT2D eigenvalue weighted by molar-refractivity contribution is 7.95. The van der Waals surface area contributed by atoms with E-state index in [-0.39, 0.29) is 15.4 Å². The standard InChI is InChI=1S/C14H16FNO2S/c15-13-6-3-7-14-12(13)8-11(19(14,17)18)9-16-10-4-1-2-5-10/h3,6-8,10,16H,1-2,4-5,9H2. The van der Waals surface area contributed by atoms with Crippen LogP contribution in [0.5, 0.6) is 0 Å². The molecule has 19 heavy (non-hydrogen) atoms. The van der Waals surface area contributed by atoms with Crippen LogP contribution in [0.3, 0.4) is 0 Å². The third kappa shape index (κ3) is 2.21. The molecule has 0 bridgehead atoms. The van der Waals surface area contributed by atoms with Crippen molar-refractivity contribution in [1.29, 1.82) is 0 Å². The highest BCUT2D eigenvalue weighted by atomic mass is 32.2. The molecule has 5 heteroatoms. The Labute approximate surface area is 112 Å². The van der Waals surface area contributed by atoms with Crippen molar-refractivity contribution in [3.63, 3.8) is 0 Å². The number of benzene rings is 1. The summed E-state index contributed by atoms with van der Waals surface area (Å²) in [6, 6.07) is 4.59. The van der Waals surface area contributed by atoms with E-state index >= 15 is 0 Å². The summed E-state index contributed by atoms with van der Waals surface area (Å²) in [7, 11) is -3.50. The monoisotopic (exact) mass is 281 g/mol. The molecule has 0 spiro atoms. The Kier molecular flexibility index (Phi) is 3.19. The van der Waals surface area contributed by atoms with Crippen LogP contribution >= 0.6 is 0 Å². The van der Waals surface area contributed by atoms with Gasteiger partial charge in [-0.25, -0.2) is 12.8 Å². The van der Waals surface area contributed by atoms with Crippen molar-refractivity contribution in [2.24, 2.45) is 0 Å². The Morgan fingerprint density at radius 3 is 2.68 bits per heavy atom. The van der Waals surface area contributed by atoms with E-state index < -0.39 is 15.7 Å². The van der Waals surface area contributed by atoms with Crippen LogP contribution in [0.25, 0.3) is 6.08 Å². The largest absolute Gasteiger partial charge is 0.309 e. The average molecular weight is 281 g/mol. The fourth-order valence-corrected chi connectivity index (χ4v) is 4.32. The topological polar surface area (TPSA) is 46.2 Å². The van der Waals surface area contributed by atoms with Crippen LogP contribution in [0.2, 0.25) is 0 Å². The Bertz CT molecular complexity index is 631. The van der Waals surface area contributed by atoms with Crippen LogP contribution in [0, 0.1) is 5.82 Å². The Hall–Kier alpha value is -1.20. The fraction of sp³-hybridized carbons (Fsp3) is 0.429. The molecule has 0 amide bonds. The van der Waals surface area contributed by atoms with Gasteiger partial charge in [0.25, 0.3) is 0 Å². The van der Waals surface area contributed by atoms with E-state index in [9.17, 15) is 12.8 Å². The fourth-order valence-electron chi connectivity index (χ4n) is 2.79. The van der Waals surface area contributed by atoms with Crippen LogP contribution < -0.4 is 5.32 Å². The van der Waals surface area contributed by atoms with Crippen molar-refractivity contribution in [3.8, 4) is 0 Å². The first-order chi connectivity index (χ1) is 9.09. The number of halogens is 1. The summed E-state index contributed by atoms with van der Waals surface area (Å²) in [6.45, 7) is 0.293. The molecule has 0 aromatic heterocycles. The van der Waals surface area contributed by atoms with Gasteiger partial charge in [-0.2, -0.15) is 0 Å². The van der Waals surface area contributed by atoms with Crippen molar-refractivity contribution in [2.75, 3.05) is 6.54 Å². The van der Waals surface area contributed by atoms with E-state index in [4.69, 9.17) is 0 Å². The zero-order valence-electron chi connectivity index (χ0n) is 10.5. The molecule has 2 aliphatic rings. The lowest BCUT2D eigenvalue weighted by Gasteiger charge is -2.12. The molecule has 1 aliphatic heterocycles. The molecule has 0 saturated heterocycles. The minimum atomic E-state index is -3.50. The Morgan fingerprint density at radius 1 is 1.26 bits per heavy atom. The summed E-state index contributed by atoms with van der Waals surface area (Å²) in [5.74, 6) is -0.475. The number of hydrogen-bond donors (Lipinski definition) is 1. The van der Waals surface area contributed by atoms with Gasteiger partial charge in [0.05, 0.1) is 9.80 Å². The lowest BCUT2D eigenvalue weighted by molar-refractivity contribution is 0.550. The van der Waals surface area contributed by atoms with Crippen molar-refractivity contribution >= 4 is 15.9 Å². The molecule has 1 N–H and O–H groups in total. The second-order valence-corrected chi connectivity index (χ2v) is 7.10. The summed E-state index contributed by atoms with van der Waals surface area (Å²) in [6.07, 6.45) is 6.03. The van der Waals surface area contributed by atoms with Gasteiger partial charge in [-0.1, -0.05) is 18.9 Å². The average Bonchev–Trinajstić information content (AvgIpc) is 2.96. The first-order valence-corrected chi connectivity index (χ1v) is 8.05. The number of sulfone groups is 1. The predicted octanol–water partition coefficient (Wildman–Crippen LogP) is 2.49. The summed E-state index contributed by atoms with van der Waals surface area (Å²) >= 11 is 0. The molecule has 0 radical (unpaired) electrons. The minimum absolute atomic E-state index is 0.0933. The van der Waals surface area contributed by atoms with Gasteiger partial charge >= 0.3 is 0 Å². The van der Waals surface area contributed by atoms with Gasteiger partial charge in [-0.3, -0.25) is 0 Å². The lowest BCUT2D eigenvalue weighted by atomic mass is 10.2. The van der Waals surface area contributed by atoms with Crippen molar-refractivity contribution in [3.05, 3.63) is 34.5 Å². The zero-order chi connectivity index (χ0) is 13.5. The maximum Gasteiger partial charge on any atom is 0.204 e. The van der Waals surface area contributed by atoms with Crippen LogP contribution in [0.1, 0.15) is 31.2 Å². The summed E-state index contributed by atoms with van der Waals surface area (Å²) in [5, 5.41) is 3.26. The third-order valence-corrected chi connectivity index (χ3v) is 5.76. The molecule has 1 aromatic rings. The van der Waals surface area contributed by atoms with E-state index in [0.29, 0.717) is 12.6 Å². The molecule has 3 rings (SSSR count). The lowest BCUT2D eigenvalue weighted by Crippen LogP contribution is -2.29. The first-order valence-electron chi connectivity index (χ1n) is 6.56. The van der Waals surface area contributed by atoms with E-state index in [1.807, 2.05) is 0 Å². The molecular formula is C14H16FNO2S. The third-order valence-electron chi connectivity index (χ3n) is 3.87. The highest BCUT2D eigenvalue weighted by Crippen LogP contribution is 2.34. The first kappa shape index (κ1) is 12.8. The van der Waals surface area contributed by atoms with E-state index in [1.54, 1.807) is 0 Å². The van der Waals surface area contributed by atoms with Gasteiger partial charge < -0.3 is 5.32 Å². The van der Waals surface area contributed by atoms with Crippen LogP contribution in [0.4, 0.5) is 4.39 Å². The maximum absolute atomic E-state index is 13.6. The molecule has 102 valence electrons. The Balaban J connectivity index is 1.84. The van der Waals surface area contributed by atoms with Gasteiger partial charge in [-0.15, -0.1) is 0 Å². The van der Waals surface area contributed by atoms with Crippen LogP contribution in [0.15, 0.2) is 28.0 Å². The van der Waals surface area contributed by atoms with Gasteiger partial charge in [0.15, 0.2) is 0 Å². The van der Waals surface area contributed by atoms with Gasteiger partial charge in [0.1, 0.15) is 5.82 Å². The van der Waals surface area contributed by atoms with Crippen LogP contribution in [-0.4, -0.2) is 21.0 Å². The summed E-state index contributed by atoms with van der Waals surface area (Å²) in [5.41, 5.74) is 0.200. The molecule has 3 nitrogen and oxygen atoms in total. The minimum Gasteiger partial charge on any atom is -0.309 e. The summed E-state index contributed by atoms with van der Waals surface area (Å²) < 4.78 is 38.2. The second kappa shape index (κ2) is 4.72. The Morgan fingerprint density at radius 2 is 2.00 bits per heavy atom. The zero-order valence-corrected chi connectivity index (χ0v) is 11.3. The van der Waals surface area contributed by atoms with Crippen molar-refractivity contribution in [2.45, 2.75) is 36.6 Å². The number of hydrogen-bond acceptors (Lipinski definition) is 3. The van der Waals surface area contributed by atoms with E-state index in [1.165, 1.54) is 37.1 Å². The van der Waals surface area contributed by atoms with E-state index in [0.717, 1.165) is 12.8 Å². The molecule has 1 saturated carbocycles. The van der Waals surface area contributed by atoms with Crippen molar-refractivity contribution in [1.82, 2.24) is 5.32 Å². The molecular weight excluding hydrogens is 265 g/mol. The molecule has 1 aliphatic carbocycles. The van der Waals surface area contributed by atoms with Crippen LogP contribution in [-0.2, 0) is 9.84 Å². The summed E-state index contributed by atoms with van der Waals surface area (Å²) in [4.78, 5) is 0.371. The quantitative estimate of drug-likeness (QED) is 0.926. The maximum atomic E-state index is 13.6. The normalized spacial score (nSPS) is 21.4. The number of nitrogens with one attached hydrogen (secondary N) is 1. The van der Waals surface area contributed by atoms with Crippen molar-refractivity contribution < 1.29 is 12.8 Å². The molecule has 1 heterocycles. The molecule has 0 unspecified atom stereocenters. The SMILES string of the molecule is O=S1(=O)C(CNC2CCCC2)=Cc2c(F)cccc21. The van der Waals surface area contributed by atoms with Gasteiger partial charge in [0, 0.05) is 18.2 Å². The molecule has 0 atom stereocenters.